The van der Waals surface area contributed by atoms with Crippen molar-refractivity contribution in [1.82, 2.24) is 5.32 Å². The van der Waals surface area contributed by atoms with Gasteiger partial charge in [-0.25, -0.2) is 0 Å². The molecule has 4 nitrogen and oxygen atoms in total. The van der Waals surface area contributed by atoms with E-state index in [-0.39, 0.29) is 5.91 Å². The molecule has 0 bridgehead atoms. The van der Waals surface area contributed by atoms with Crippen molar-refractivity contribution in [2.75, 3.05) is 33.0 Å². The molecule has 0 rings (SSSR count). The molecule has 1 N–H and O–H groups in total. The third-order valence-electron chi connectivity index (χ3n) is 5.03. The molecule has 29 heavy (non-hydrogen) atoms. The Morgan fingerprint density at radius 2 is 1.28 bits per heavy atom. The van der Waals surface area contributed by atoms with E-state index in [1.165, 1.54) is 70.6 Å². The average molecular weight is 412 g/mol. The van der Waals surface area contributed by atoms with Gasteiger partial charge in [0.25, 0.3) is 0 Å². The summed E-state index contributed by atoms with van der Waals surface area (Å²) in [4.78, 5) is 11.8. The topological polar surface area (TPSA) is 47.6 Å². The van der Waals surface area contributed by atoms with E-state index in [2.05, 4.69) is 24.4 Å². The van der Waals surface area contributed by atoms with Crippen LogP contribution in [-0.2, 0) is 14.3 Å². The fourth-order valence-electron chi connectivity index (χ4n) is 3.21. The molecule has 0 atom stereocenters. The van der Waals surface area contributed by atoms with E-state index in [9.17, 15) is 4.79 Å². The van der Waals surface area contributed by atoms with Crippen LogP contribution in [0.3, 0.4) is 0 Å². The van der Waals surface area contributed by atoms with Gasteiger partial charge in [-0.3, -0.25) is 4.79 Å². The Balaban J connectivity index is 3.19. The van der Waals surface area contributed by atoms with Gasteiger partial charge in [-0.05, 0) is 45.4 Å². The number of carbonyl (C=O) groups excluding carboxylic acids is 1. The molecule has 1 amide bonds. The highest BCUT2D eigenvalue weighted by molar-refractivity contribution is 5.75. The molecule has 0 saturated heterocycles. The highest BCUT2D eigenvalue weighted by Crippen LogP contribution is 2.09. The van der Waals surface area contributed by atoms with Gasteiger partial charge in [0, 0.05) is 26.2 Å². The molecule has 0 aliphatic heterocycles. The van der Waals surface area contributed by atoms with Gasteiger partial charge in [-0.2, -0.15) is 0 Å². The molecule has 4 heteroatoms. The van der Waals surface area contributed by atoms with Crippen molar-refractivity contribution in [2.45, 2.75) is 110 Å². The highest BCUT2D eigenvalue weighted by atomic mass is 16.5. The Bertz CT molecular complexity index is 358. The molecular weight excluding hydrogens is 362 g/mol. The summed E-state index contributed by atoms with van der Waals surface area (Å²) in [5.74, 6) is 0.178. The molecular formula is C25H49NO3. The van der Waals surface area contributed by atoms with Crippen LogP contribution >= 0.6 is 0 Å². The Kier molecular flexibility index (Phi) is 24.4. The minimum absolute atomic E-state index is 0.178. The first-order valence-electron chi connectivity index (χ1n) is 12.4. The molecule has 0 unspecified atom stereocenters. The largest absolute Gasteiger partial charge is 0.379 e. The van der Waals surface area contributed by atoms with Crippen LogP contribution < -0.4 is 5.32 Å². The van der Waals surface area contributed by atoms with Crippen molar-refractivity contribution >= 4 is 5.91 Å². The van der Waals surface area contributed by atoms with Crippen LogP contribution in [0.15, 0.2) is 12.2 Å². The van der Waals surface area contributed by atoms with Crippen molar-refractivity contribution in [3.05, 3.63) is 12.2 Å². The van der Waals surface area contributed by atoms with Crippen molar-refractivity contribution in [2.24, 2.45) is 0 Å². The SMILES string of the molecule is CCCCCCCC/C=C\CCCCCCCC(=O)NCCCOCCOCC. The van der Waals surface area contributed by atoms with Crippen LogP contribution in [-0.4, -0.2) is 38.9 Å². The lowest BCUT2D eigenvalue weighted by Gasteiger charge is -2.06. The Labute approximate surface area is 181 Å². The fourth-order valence-corrected chi connectivity index (χ4v) is 3.21. The first kappa shape index (κ1) is 28.1. The van der Waals surface area contributed by atoms with E-state index in [0.717, 1.165) is 25.9 Å². The maximum atomic E-state index is 11.8. The summed E-state index contributed by atoms with van der Waals surface area (Å²) in [6.07, 6.45) is 23.0. The van der Waals surface area contributed by atoms with Crippen molar-refractivity contribution < 1.29 is 14.3 Å². The van der Waals surface area contributed by atoms with Gasteiger partial charge in [0.15, 0.2) is 0 Å². The number of allylic oxidation sites excluding steroid dienone is 2. The Morgan fingerprint density at radius 3 is 1.93 bits per heavy atom. The van der Waals surface area contributed by atoms with Crippen molar-refractivity contribution in [3.8, 4) is 0 Å². The van der Waals surface area contributed by atoms with Crippen molar-refractivity contribution in [1.29, 1.82) is 0 Å². The van der Waals surface area contributed by atoms with Crippen molar-refractivity contribution in [3.63, 3.8) is 0 Å². The summed E-state index contributed by atoms with van der Waals surface area (Å²) in [7, 11) is 0. The zero-order valence-electron chi connectivity index (χ0n) is 19.5. The molecule has 172 valence electrons. The normalized spacial score (nSPS) is 11.4. The quantitative estimate of drug-likeness (QED) is 0.152. The Morgan fingerprint density at radius 1 is 0.690 bits per heavy atom. The predicted octanol–water partition coefficient (Wildman–Crippen LogP) is 6.58. The van der Waals surface area contributed by atoms with Gasteiger partial charge in [0.05, 0.1) is 13.2 Å². The lowest BCUT2D eigenvalue weighted by Crippen LogP contribution is -2.25. The number of carbonyl (C=O) groups is 1. The molecule has 0 aromatic rings. The molecule has 0 aliphatic rings. The van der Waals surface area contributed by atoms with E-state index in [0.29, 0.717) is 32.8 Å². The van der Waals surface area contributed by atoms with E-state index >= 15 is 0 Å². The Hall–Kier alpha value is -0.870. The maximum Gasteiger partial charge on any atom is 0.219 e. The number of hydrogen-bond donors (Lipinski definition) is 1. The van der Waals surface area contributed by atoms with E-state index in [1.807, 2.05) is 6.92 Å². The third kappa shape index (κ3) is 25.1. The van der Waals surface area contributed by atoms with Crippen LogP contribution in [0, 0.1) is 0 Å². The second kappa shape index (κ2) is 25.2. The average Bonchev–Trinajstić information content (AvgIpc) is 2.72. The van der Waals surface area contributed by atoms with Crippen LogP contribution in [0.5, 0.6) is 0 Å². The number of ether oxygens (including phenoxy) is 2. The third-order valence-corrected chi connectivity index (χ3v) is 5.03. The molecule has 0 spiro atoms. The summed E-state index contributed by atoms with van der Waals surface area (Å²) in [5.41, 5.74) is 0. The number of hydrogen-bond acceptors (Lipinski definition) is 3. The van der Waals surface area contributed by atoms with Gasteiger partial charge in [0.2, 0.25) is 5.91 Å². The lowest BCUT2D eigenvalue weighted by atomic mass is 10.1. The van der Waals surface area contributed by atoms with E-state index < -0.39 is 0 Å². The second-order valence-electron chi connectivity index (χ2n) is 7.85. The standard InChI is InChI=1S/C25H49NO3/c1-3-5-6-7-8-9-10-11-12-13-14-15-16-17-18-20-25(27)26-21-19-22-29-24-23-28-4-2/h11-12H,3-10,13-24H2,1-2H3,(H,26,27)/b12-11-. The monoisotopic (exact) mass is 411 g/mol. The summed E-state index contributed by atoms with van der Waals surface area (Å²) < 4.78 is 10.6. The summed E-state index contributed by atoms with van der Waals surface area (Å²) in [6.45, 7) is 7.65. The number of unbranched alkanes of at least 4 members (excludes halogenated alkanes) is 11. The van der Waals surface area contributed by atoms with Gasteiger partial charge < -0.3 is 14.8 Å². The minimum atomic E-state index is 0.178. The highest BCUT2D eigenvalue weighted by Gasteiger charge is 2.00. The number of amides is 1. The second-order valence-corrected chi connectivity index (χ2v) is 7.85. The van der Waals surface area contributed by atoms with E-state index in [4.69, 9.17) is 9.47 Å². The first-order valence-corrected chi connectivity index (χ1v) is 12.4. The van der Waals surface area contributed by atoms with Gasteiger partial charge in [-0.15, -0.1) is 0 Å². The first-order chi connectivity index (χ1) is 14.3. The van der Waals surface area contributed by atoms with Crippen LogP contribution in [0.2, 0.25) is 0 Å². The maximum absolute atomic E-state index is 11.8. The molecule has 0 saturated carbocycles. The lowest BCUT2D eigenvalue weighted by molar-refractivity contribution is -0.121. The fraction of sp³-hybridized carbons (Fsp3) is 0.880. The molecule has 0 radical (unpaired) electrons. The van der Waals surface area contributed by atoms with Crippen LogP contribution in [0.4, 0.5) is 0 Å². The zero-order chi connectivity index (χ0) is 21.3. The molecule has 0 aromatic heterocycles. The minimum Gasteiger partial charge on any atom is -0.379 e. The summed E-state index contributed by atoms with van der Waals surface area (Å²) in [6, 6.07) is 0. The summed E-state index contributed by atoms with van der Waals surface area (Å²) >= 11 is 0. The van der Waals surface area contributed by atoms with Crippen LogP contribution in [0.25, 0.3) is 0 Å². The molecule has 0 heterocycles. The molecule has 0 aliphatic carbocycles. The number of rotatable bonds is 23. The predicted molar refractivity (Wildman–Crippen MR) is 124 cm³/mol. The summed E-state index contributed by atoms with van der Waals surface area (Å²) in [5, 5.41) is 2.97. The van der Waals surface area contributed by atoms with Gasteiger partial charge in [0.1, 0.15) is 0 Å². The number of nitrogens with one attached hydrogen (secondary N) is 1. The van der Waals surface area contributed by atoms with Gasteiger partial charge >= 0.3 is 0 Å². The van der Waals surface area contributed by atoms with Gasteiger partial charge in [-0.1, -0.05) is 70.4 Å². The molecule has 0 aromatic carbocycles. The van der Waals surface area contributed by atoms with Crippen LogP contribution in [0.1, 0.15) is 110 Å². The molecule has 0 fully saturated rings. The van der Waals surface area contributed by atoms with E-state index in [1.54, 1.807) is 0 Å². The smallest absolute Gasteiger partial charge is 0.219 e. The zero-order valence-corrected chi connectivity index (χ0v) is 19.5.